The van der Waals surface area contributed by atoms with Gasteiger partial charge in [-0.05, 0) is 42.7 Å². The number of carbonyl (C=O) groups is 1. The fraction of sp³-hybridized carbons (Fsp3) is 0.250. The van der Waals surface area contributed by atoms with E-state index in [1.54, 1.807) is 37.3 Å². The summed E-state index contributed by atoms with van der Waals surface area (Å²) in [5, 5.41) is 0. The van der Waals surface area contributed by atoms with Crippen LogP contribution in [-0.4, -0.2) is 33.4 Å². The molecule has 0 saturated heterocycles. The van der Waals surface area contributed by atoms with Crippen LogP contribution < -0.4 is 9.46 Å². The van der Waals surface area contributed by atoms with E-state index < -0.39 is 16.0 Å². The third-order valence-corrected chi connectivity index (χ3v) is 4.80. The molecule has 27 heavy (non-hydrogen) atoms. The van der Waals surface area contributed by atoms with Gasteiger partial charge < -0.3 is 9.47 Å². The molecule has 0 heterocycles. The lowest BCUT2D eigenvalue weighted by Crippen LogP contribution is -2.22. The van der Waals surface area contributed by atoms with Crippen molar-refractivity contribution in [1.29, 1.82) is 0 Å². The van der Waals surface area contributed by atoms with Gasteiger partial charge in [0.1, 0.15) is 5.75 Å². The number of benzene rings is 2. The van der Waals surface area contributed by atoms with Gasteiger partial charge in [0, 0.05) is 6.20 Å². The van der Waals surface area contributed by atoms with Gasteiger partial charge in [0.25, 0.3) is 0 Å². The Balaban J connectivity index is 1.80. The smallest absolute Gasteiger partial charge is 0.344 e. The molecule has 0 spiro atoms. The minimum atomic E-state index is -3.39. The van der Waals surface area contributed by atoms with Crippen LogP contribution in [0.4, 0.5) is 0 Å². The molecule has 6 nitrogen and oxygen atoms in total. The van der Waals surface area contributed by atoms with Crippen molar-refractivity contribution in [1.82, 2.24) is 4.72 Å². The van der Waals surface area contributed by atoms with Gasteiger partial charge in [0.2, 0.25) is 10.0 Å². The van der Waals surface area contributed by atoms with Crippen molar-refractivity contribution in [3.05, 3.63) is 71.9 Å². The normalized spacial score (nSPS) is 11.3. The van der Waals surface area contributed by atoms with E-state index in [0.29, 0.717) is 18.8 Å². The number of carbonyl (C=O) groups excluding carboxylic acids is 1. The zero-order chi connectivity index (χ0) is 19.5. The Bertz CT molecular complexity index is 846. The average molecular weight is 389 g/mol. The SMILES string of the molecule is CCOC(=O)COc1ccc(C=CNS(=O)(=O)CCc2ccccc2)cc1. The Labute approximate surface area is 159 Å². The molecule has 7 heteroatoms. The predicted octanol–water partition coefficient (Wildman–Crippen LogP) is 2.76. The van der Waals surface area contributed by atoms with Gasteiger partial charge in [-0.25, -0.2) is 13.2 Å². The van der Waals surface area contributed by atoms with Crippen LogP contribution in [0, 0.1) is 0 Å². The third-order valence-electron chi connectivity index (χ3n) is 3.57. The van der Waals surface area contributed by atoms with Crippen LogP contribution in [0.5, 0.6) is 5.75 Å². The molecule has 2 rings (SSSR count). The largest absolute Gasteiger partial charge is 0.482 e. The van der Waals surface area contributed by atoms with Crippen molar-refractivity contribution < 1.29 is 22.7 Å². The highest BCUT2D eigenvalue weighted by Gasteiger charge is 2.07. The molecule has 0 aromatic heterocycles. The highest BCUT2D eigenvalue weighted by atomic mass is 32.2. The summed E-state index contributed by atoms with van der Waals surface area (Å²) in [5.41, 5.74) is 1.77. The Morgan fingerprint density at radius 2 is 1.78 bits per heavy atom. The van der Waals surface area contributed by atoms with E-state index in [0.717, 1.165) is 11.1 Å². The van der Waals surface area contributed by atoms with Crippen LogP contribution in [0.15, 0.2) is 60.8 Å². The number of aryl methyl sites for hydroxylation is 1. The zero-order valence-electron chi connectivity index (χ0n) is 15.1. The van der Waals surface area contributed by atoms with E-state index in [9.17, 15) is 13.2 Å². The van der Waals surface area contributed by atoms with E-state index in [1.165, 1.54) is 6.20 Å². The fourth-order valence-electron chi connectivity index (χ4n) is 2.21. The maximum absolute atomic E-state index is 12.0. The second-order valence-electron chi connectivity index (χ2n) is 5.67. The fourth-order valence-corrected chi connectivity index (χ4v) is 3.11. The molecule has 0 bridgehead atoms. The number of sulfonamides is 1. The van der Waals surface area contributed by atoms with E-state index in [4.69, 9.17) is 9.47 Å². The first-order chi connectivity index (χ1) is 13.0. The van der Waals surface area contributed by atoms with Gasteiger partial charge in [-0.15, -0.1) is 0 Å². The number of rotatable bonds is 10. The van der Waals surface area contributed by atoms with Crippen molar-refractivity contribution in [2.24, 2.45) is 0 Å². The summed E-state index contributed by atoms with van der Waals surface area (Å²) in [4.78, 5) is 11.2. The second kappa shape index (κ2) is 10.4. The molecule has 0 unspecified atom stereocenters. The Morgan fingerprint density at radius 3 is 2.44 bits per heavy atom. The molecule has 1 N–H and O–H groups in total. The van der Waals surface area contributed by atoms with Crippen molar-refractivity contribution in [2.45, 2.75) is 13.3 Å². The second-order valence-corrected chi connectivity index (χ2v) is 7.54. The quantitative estimate of drug-likeness (QED) is 0.632. The van der Waals surface area contributed by atoms with Crippen LogP contribution in [0.25, 0.3) is 6.08 Å². The maximum atomic E-state index is 12.0. The number of ether oxygens (including phenoxy) is 2. The highest BCUT2D eigenvalue weighted by molar-refractivity contribution is 7.89. The van der Waals surface area contributed by atoms with Gasteiger partial charge in [-0.1, -0.05) is 42.5 Å². The number of esters is 1. The summed E-state index contributed by atoms with van der Waals surface area (Å²) in [6.07, 6.45) is 3.50. The number of hydrogen-bond acceptors (Lipinski definition) is 5. The maximum Gasteiger partial charge on any atom is 0.344 e. The van der Waals surface area contributed by atoms with Gasteiger partial charge in [-0.2, -0.15) is 0 Å². The molecule has 0 amide bonds. The Hall–Kier alpha value is -2.80. The highest BCUT2D eigenvalue weighted by Crippen LogP contribution is 2.13. The monoisotopic (exact) mass is 389 g/mol. The van der Waals surface area contributed by atoms with E-state index in [-0.39, 0.29) is 12.4 Å². The van der Waals surface area contributed by atoms with Gasteiger partial charge >= 0.3 is 5.97 Å². The molecule has 0 aliphatic heterocycles. The molecule has 0 atom stereocenters. The molecule has 0 fully saturated rings. The van der Waals surface area contributed by atoms with Crippen LogP contribution in [0.3, 0.4) is 0 Å². The lowest BCUT2D eigenvalue weighted by atomic mass is 10.2. The molecular weight excluding hydrogens is 366 g/mol. The van der Waals surface area contributed by atoms with E-state index in [2.05, 4.69) is 4.72 Å². The molecule has 144 valence electrons. The van der Waals surface area contributed by atoms with Gasteiger partial charge in [-0.3, -0.25) is 4.72 Å². The minimum absolute atomic E-state index is 0.0159. The molecule has 2 aromatic carbocycles. The summed E-state index contributed by atoms with van der Waals surface area (Å²) in [6, 6.07) is 16.4. The topological polar surface area (TPSA) is 81.7 Å². The summed E-state index contributed by atoms with van der Waals surface area (Å²) in [7, 11) is -3.39. The molecule has 0 aliphatic rings. The predicted molar refractivity (Wildman–Crippen MR) is 105 cm³/mol. The third kappa shape index (κ3) is 7.96. The van der Waals surface area contributed by atoms with Crippen molar-refractivity contribution in [3.63, 3.8) is 0 Å². The first kappa shape index (κ1) is 20.5. The van der Waals surface area contributed by atoms with Gasteiger partial charge in [0.15, 0.2) is 6.61 Å². The first-order valence-corrected chi connectivity index (χ1v) is 10.2. The summed E-state index contributed by atoms with van der Waals surface area (Å²) in [6.45, 7) is 1.90. The van der Waals surface area contributed by atoms with Crippen LogP contribution in [-0.2, 0) is 26.0 Å². The molecule has 2 aromatic rings. The van der Waals surface area contributed by atoms with Crippen LogP contribution >= 0.6 is 0 Å². The van der Waals surface area contributed by atoms with E-state index in [1.807, 2.05) is 30.3 Å². The van der Waals surface area contributed by atoms with Crippen LogP contribution in [0.1, 0.15) is 18.1 Å². The number of hydrogen-bond donors (Lipinski definition) is 1. The summed E-state index contributed by atoms with van der Waals surface area (Å²) < 4.78 is 36.6. The van der Waals surface area contributed by atoms with Crippen molar-refractivity contribution in [3.8, 4) is 5.75 Å². The van der Waals surface area contributed by atoms with Crippen LogP contribution in [0.2, 0.25) is 0 Å². The molecular formula is C20H23NO5S. The Morgan fingerprint density at radius 1 is 1.07 bits per heavy atom. The number of nitrogens with one attached hydrogen (secondary N) is 1. The minimum Gasteiger partial charge on any atom is -0.482 e. The van der Waals surface area contributed by atoms with E-state index >= 15 is 0 Å². The Kier molecular flexibility index (Phi) is 7.88. The van der Waals surface area contributed by atoms with Crippen molar-refractivity contribution >= 4 is 22.1 Å². The molecule has 0 radical (unpaired) electrons. The standard InChI is InChI=1S/C20H23NO5S/c1-2-25-20(22)16-26-19-10-8-18(9-11-19)12-14-21-27(23,24)15-13-17-6-4-3-5-7-17/h3-12,14,21H,2,13,15-16H2,1H3. The van der Waals surface area contributed by atoms with Gasteiger partial charge in [0.05, 0.1) is 12.4 Å². The summed E-state index contributed by atoms with van der Waals surface area (Å²) in [5.74, 6) is 0.122. The molecule has 0 saturated carbocycles. The average Bonchev–Trinajstić information content (AvgIpc) is 2.67. The first-order valence-electron chi connectivity index (χ1n) is 8.57. The van der Waals surface area contributed by atoms with Crippen molar-refractivity contribution in [2.75, 3.05) is 19.0 Å². The molecule has 0 aliphatic carbocycles. The summed E-state index contributed by atoms with van der Waals surface area (Å²) >= 11 is 0. The zero-order valence-corrected chi connectivity index (χ0v) is 15.9. The lowest BCUT2D eigenvalue weighted by Gasteiger charge is -2.06. The lowest BCUT2D eigenvalue weighted by molar-refractivity contribution is -0.145.